The van der Waals surface area contributed by atoms with E-state index in [1.807, 2.05) is 30.6 Å². The average Bonchev–Trinajstić information content (AvgIpc) is 3.86. The van der Waals surface area contributed by atoms with Crippen LogP contribution in [0.2, 0.25) is 19.6 Å². The van der Waals surface area contributed by atoms with Crippen molar-refractivity contribution in [1.82, 2.24) is 14.5 Å². The maximum Gasteiger partial charge on any atom is 0.145 e. The summed E-state index contributed by atoms with van der Waals surface area (Å²) in [5.74, 6) is 2.39. The van der Waals surface area contributed by atoms with Crippen molar-refractivity contribution in [2.24, 2.45) is 0 Å². The third kappa shape index (κ3) is 5.26. The number of pyridine rings is 2. The van der Waals surface area contributed by atoms with E-state index in [-0.39, 0.29) is 10.5 Å². The first kappa shape index (κ1) is 32.7. The second-order valence-electron chi connectivity index (χ2n) is 16.7. The van der Waals surface area contributed by atoms with Crippen molar-refractivity contribution in [2.75, 3.05) is 0 Å². The quantitative estimate of drug-likeness (QED) is 0.162. The Morgan fingerprint density at radius 3 is 2.23 bits per heavy atom. The fourth-order valence-corrected chi connectivity index (χ4v) is 11.6. The molecule has 0 atom stereocenters. The molecule has 5 nitrogen and oxygen atoms in total. The predicted octanol–water partition coefficient (Wildman–Crippen LogP) is 12.9. The van der Waals surface area contributed by atoms with Crippen LogP contribution in [0.25, 0.3) is 60.8 Å². The first-order valence-corrected chi connectivity index (χ1v) is 22.1. The van der Waals surface area contributed by atoms with Gasteiger partial charge in [0, 0.05) is 45.6 Å². The van der Waals surface area contributed by atoms with Crippen molar-refractivity contribution < 1.29 is 9.15 Å². The van der Waals surface area contributed by atoms with E-state index in [1.54, 1.807) is 0 Å². The van der Waals surface area contributed by atoms with Crippen molar-refractivity contribution in [1.29, 1.82) is 0 Å². The minimum Gasteiger partial charge on any atom is -0.457 e. The Hall–Kier alpha value is -5.20. The molecule has 1 aliphatic carbocycles. The number of hydrogen-bond acceptors (Lipinski definition) is 4. The maximum absolute atomic E-state index is 6.81. The summed E-state index contributed by atoms with van der Waals surface area (Å²) in [6, 6.07) is 36.5. The van der Waals surface area contributed by atoms with E-state index in [0.717, 1.165) is 66.9 Å². The van der Waals surface area contributed by atoms with Gasteiger partial charge in [-0.3, -0.25) is 9.55 Å². The molecule has 1 aliphatic rings. The van der Waals surface area contributed by atoms with Gasteiger partial charge in [0.15, 0.2) is 0 Å². The summed E-state index contributed by atoms with van der Waals surface area (Å²) in [5, 5.41) is 4.76. The summed E-state index contributed by atoms with van der Waals surface area (Å²) in [4.78, 5) is 9.62. The summed E-state index contributed by atoms with van der Waals surface area (Å²) in [7, 11) is -1.50. The van der Waals surface area contributed by atoms with Gasteiger partial charge in [0.05, 0.1) is 24.8 Å². The van der Waals surface area contributed by atoms with Gasteiger partial charge in [-0.2, -0.15) is 0 Å². The fraction of sp³-hybridized carbons (Fsp3) is 0.261. The summed E-state index contributed by atoms with van der Waals surface area (Å²) < 4.78 is 15.9. The maximum atomic E-state index is 6.81. The van der Waals surface area contributed by atoms with E-state index in [4.69, 9.17) is 19.1 Å². The van der Waals surface area contributed by atoms with Crippen LogP contribution in [0.3, 0.4) is 0 Å². The molecule has 4 aromatic heterocycles. The summed E-state index contributed by atoms with van der Waals surface area (Å²) in [5.41, 5.74) is 8.39. The second-order valence-corrected chi connectivity index (χ2v) is 22.2. The van der Waals surface area contributed by atoms with Gasteiger partial charge in [0.1, 0.15) is 28.5 Å². The van der Waals surface area contributed by atoms with E-state index < -0.39 is 8.07 Å². The van der Waals surface area contributed by atoms with E-state index in [2.05, 4.69) is 130 Å². The van der Waals surface area contributed by atoms with E-state index in [9.17, 15) is 0 Å². The fourth-order valence-electron chi connectivity index (χ4n) is 8.77. The highest BCUT2D eigenvalue weighted by Gasteiger charge is 2.46. The van der Waals surface area contributed by atoms with Crippen LogP contribution >= 0.6 is 0 Å². The molecule has 1 fully saturated rings. The molecule has 1 saturated carbocycles. The van der Waals surface area contributed by atoms with Crippen LogP contribution in [0.5, 0.6) is 11.5 Å². The molecular weight excluding hydrogens is 655 g/mol. The van der Waals surface area contributed by atoms with Crippen molar-refractivity contribution in [2.45, 2.75) is 76.5 Å². The molecule has 9 rings (SSSR count). The zero-order chi connectivity index (χ0) is 35.8. The van der Waals surface area contributed by atoms with Gasteiger partial charge in [-0.1, -0.05) is 89.7 Å². The molecule has 4 aromatic carbocycles. The summed E-state index contributed by atoms with van der Waals surface area (Å²) in [6.07, 6.45) is 8.91. The Bertz CT molecular complexity index is 2630. The molecule has 4 heterocycles. The number of nitrogens with zero attached hydrogens (tertiary/aromatic N) is 3. The SMILES string of the molecule is CC(C)(C)c1ccnc(-n2c3ccccc3c3ccc(Oc4cc(-c5ccccn5)c5oc6cc(C7([Si](C)(C)C)CCCC7)ccc6c5c4)cc32)c1. The molecule has 0 bridgehead atoms. The van der Waals surface area contributed by atoms with Crippen LogP contribution in [-0.2, 0) is 10.5 Å². The van der Waals surface area contributed by atoms with Gasteiger partial charge in [0.25, 0.3) is 0 Å². The van der Waals surface area contributed by atoms with Crippen molar-refractivity contribution in [3.05, 3.63) is 127 Å². The molecule has 0 unspecified atom stereocenters. The largest absolute Gasteiger partial charge is 0.457 e. The van der Waals surface area contributed by atoms with Gasteiger partial charge in [-0.05, 0) is 95.1 Å². The van der Waals surface area contributed by atoms with Crippen LogP contribution < -0.4 is 4.74 Å². The predicted molar refractivity (Wildman–Crippen MR) is 218 cm³/mol. The lowest BCUT2D eigenvalue weighted by molar-refractivity contribution is 0.484. The monoisotopic (exact) mass is 699 g/mol. The third-order valence-corrected chi connectivity index (χ3v) is 15.3. The van der Waals surface area contributed by atoms with E-state index in [0.29, 0.717) is 0 Å². The molecule has 0 amide bonds. The third-order valence-electron chi connectivity index (χ3n) is 11.7. The van der Waals surface area contributed by atoms with Gasteiger partial charge < -0.3 is 9.15 Å². The minimum atomic E-state index is -1.50. The lowest BCUT2D eigenvalue weighted by atomic mass is 9.88. The number of rotatable bonds is 6. The number of furan rings is 1. The summed E-state index contributed by atoms with van der Waals surface area (Å²) in [6.45, 7) is 14.3. The van der Waals surface area contributed by atoms with Crippen LogP contribution in [0.4, 0.5) is 0 Å². The number of para-hydroxylation sites is 1. The number of aromatic nitrogens is 3. The molecule has 8 aromatic rings. The summed E-state index contributed by atoms with van der Waals surface area (Å²) >= 11 is 0. The highest BCUT2D eigenvalue weighted by atomic mass is 28.3. The lowest BCUT2D eigenvalue weighted by Gasteiger charge is -2.41. The van der Waals surface area contributed by atoms with Gasteiger partial charge in [-0.15, -0.1) is 0 Å². The van der Waals surface area contributed by atoms with Crippen LogP contribution in [-0.4, -0.2) is 22.6 Å². The molecule has 0 radical (unpaired) electrons. The minimum absolute atomic E-state index is 0.000251. The van der Waals surface area contributed by atoms with Gasteiger partial charge in [-0.25, -0.2) is 4.98 Å². The molecular formula is C46H45N3O2Si. The van der Waals surface area contributed by atoms with Crippen molar-refractivity contribution >= 4 is 51.8 Å². The molecule has 0 saturated heterocycles. The van der Waals surface area contributed by atoms with Crippen molar-refractivity contribution in [3.63, 3.8) is 0 Å². The van der Waals surface area contributed by atoms with Crippen LogP contribution in [0.1, 0.15) is 57.6 Å². The Kier molecular flexibility index (Phi) is 7.49. The standard InChI is InChI=1S/C46H45N3O2Si/c1-45(2,3)30-20-24-48-43(26-30)49-40-15-8-7-13-34(40)35-19-17-32(29-41(35)49)50-33-27-37-36-18-16-31(46(52(4,5)6)21-10-11-22-46)25-42(36)51-44(37)38(28-33)39-14-9-12-23-47-39/h7-9,12-20,23-29H,10-11,21-22H2,1-6H3. The molecule has 0 N–H and O–H groups in total. The molecule has 0 aliphatic heterocycles. The van der Waals surface area contributed by atoms with Crippen LogP contribution in [0, 0.1) is 0 Å². The topological polar surface area (TPSA) is 53.1 Å². The van der Waals surface area contributed by atoms with Crippen LogP contribution in [0.15, 0.2) is 120 Å². The normalized spacial score (nSPS) is 15.0. The first-order valence-electron chi connectivity index (χ1n) is 18.6. The zero-order valence-corrected chi connectivity index (χ0v) is 32.0. The zero-order valence-electron chi connectivity index (χ0n) is 31.0. The Labute approximate surface area is 306 Å². The van der Waals surface area contributed by atoms with Gasteiger partial charge >= 0.3 is 0 Å². The number of hydrogen-bond donors (Lipinski definition) is 0. The second kappa shape index (κ2) is 11.9. The van der Waals surface area contributed by atoms with Crippen molar-refractivity contribution in [3.8, 4) is 28.6 Å². The van der Waals surface area contributed by atoms with E-state index in [1.165, 1.54) is 42.2 Å². The molecule has 52 heavy (non-hydrogen) atoms. The molecule has 0 spiro atoms. The molecule has 260 valence electrons. The lowest BCUT2D eigenvalue weighted by Crippen LogP contribution is -2.47. The smallest absolute Gasteiger partial charge is 0.145 e. The average molecular weight is 700 g/mol. The highest BCUT2D eigenvalue weighted by Crippen LogP contribution is 2.49. The Morgan fingerprint density at radius 1 is 0.692 bits per heavy atom. The first-order chi connectivity index (χ1) is 25.0. The van der Waals surface area contributed by atoms with Gasteiger partial charge in [0.2, 0.25) is 0 Å². The number of ether oxygens (including phenoxy) is 1. The Morgan fingerprint density at radius 2 is 1.46 bits per heavy atom. The number of fused-ring (bicyclic) bond motifs is 6. The Balaban J connectivity index is 1.20. The highest BCUT2D eigenvalue weighted by molar-refractivity contribution is 6.79. The van der Waals surface area contributed by atoms with E-state index >= 15 is 0 Å². The number of benzene rings is 4. The molecule has 6 heteroatoms.